The molecule has 0 aliphatic rings. The minimum absolute atomic E-state index is 0.0240. The summed E-state index contributed by atoms with van der Waals surface area (Å²) >= 11 is 0. The predicted octanol–water partition coefficient (Wildman–Crippen LogP) is 3.31. The molecule has 1 atom stereocenters. The van der Waals surface area contributed by atoms with E-state index in [1.165, 1.54) is 24.3 Å². The average molecular weight is 300 g/mol. The number of hydrogen-bond acceptors (Lipinski definition) is 4. The van der Waals surface area contributed by atoms with E-state index in [0.29, 0.717) is 11.4 Å². The highest BCUT2D eigenvalue weighted by atomic mass is 16.6. The van der Waals surface area contributed by atoms with E-state index in [1.807, 2.05) is 31.2 Å². The minimum Gasteiger partial charge on any atom is -0.481 e. The van der Waals surface area contributed by atoms with Crippen molar-refractivity contribution in [1.29, 1.82) is 0 Å². The maximum atomic E-state index is 12.0. The number of aryl methyl sites for hydroxylation is 1. The topological polar surface area (TPSA) is 81.5 Å². The summed E-state index contributed by atoms with van der Waals surface area (Å²) in [5, 5.41) is 13.3. The highest BCUT2D eigenvalue weighted by molar-refractivity contribution is 5.94. The molecule has 0 saturated carbocycles. The van der Waals surface area contributed by atoms with Crippen LogP contribution in [0.2, 0.25) is 0 Å². The Kier molecular flexibility index (Phi) is 4.73. The van der Waals surface area contributed by atoms with Crippen molar-refractivity contribution < 1.29 is 14.5 Å². The van der Waals surface area contributed by atoms with Crippen LogP contribution in [0.3, 0.4) is 0 Å². The molecule has 2 aromatic carbocycles. The molecule has 6 heteroatoms. The van der Waals surface area contributed by atoms with Crippen molar-refractivity contribution in [1.82, 2.24) is 0 Å². The molecule has 1 amide bonds. The van der Waals surface area contributed by atoms with Crippen molar-refractivity contribution >= 4 is 17.3 Å². The number of hydrogen-bond donors (Lipinski definition) is 1. The third-order valence-electron chi connectivity index (χ3n) is 3.05. The third kappa shape index (κ3) is 4.05. The van der Waals surface area contributed by atoms with E-state index in [-0.39, 0.29) is 11.6 Å². The second kappa shape index (κ2) is 6.71. The lowest BCUT2D eigenvalue weighted by Crippen LogP contribution is -2.30. The van der Waals surface area contributed by atoms with Crippen molar-refractivity contribution in [3.63, 3.8) is 0 Å². The Morgan fingerprint density at radius 3 is 2.27 bits per heavy atom. The van der Waals surface area contributed by atoms with Crippen LogP contribution in [-0.2, 0) is 4.79 Å². The number of benzene rings is 2. The van der Waals surface area contributed by atoms with Gasteiger partial charge in [0.2, 0.25) is 0 Å². The van der Waals surface area contributed by atoms with Crippen LogP contribution in [0.1, 0.15) is 12.5 Å². The van der Waals surface area contributed by atoms with Gasteiger partial charge in [0.05, 0.1) is 4.92 Å². The van der Waals surface area contributed by atoms with Crippen molar-refractivity contribution in [3.05, 3.63) is 64.2 Å². The molecule has 0 fully saturated rings. The van der Waals surface area contributed by atoms with E-state index < -0.39 is 11.0 Å². The fourth-order valence-corrected chi connectivity index (χ4v) is 1.78. The highest BCUT2D eigenvalue weighted by Crippen LogP contribution is 2.19. The lowest BCUT2D eigenvalue weighted by molar-refractivity contribution is -0.384. The van der Waals surface area contributed by atoms with Crippen molar-refractivity contribution in [2.75, 3.05) is 5.32 Å². The zero-order chi connectivity index (χ0) is 16.1. The van der Waals surface area contributed by atoms with Crippen molar-refractivity contribution in [2.24, 2.45) is 0 Å². The van der Waals surface area contributed by atoms with E-state index in [9.17, 15) is 14.9 Å². The average Bonchev–Trinajstić information content (AvgIpc) is 2.50. The summed E-state index contributed by atoms with van der Waals surface area (Å²) in [5.41, 5.74) is 1.77. The van der Waals surface area contributed by atoms with E-state index >= 15 is 0 Å². The molecule has 2 aromatic rings. The number of amides is 1. The molecular weight excluding hydrogens is 284 g/mol. The third-order valence-corrected chi connectivity index (χ3v) is 3.05. The van der Waals surface area contributed by atoms with Gasteiger partial charge >= 0.3 is 0 Å². The Balaban J connectivity index is 1.95. The first-order chi connectivity index (χ1) is 10.5. The molecular formula is C16H16N2O4. The lowest BCUT2D eigenvalue weighted by atomic mass is 10.2. The van der Waals surface area contributed by atoms with Crippen LogP contribution >= 0.6 is 0 Å². The van der Waals surface area contributed by atoms with Gasteiger partial charge in [0.1, 0.15) is 5.75 Å². The summed E-state index contributed by atoms with van der Waals surface area (Å²) in [6.07, 6.45) is -0.720. The summed E-state index contributed by atoms with van der Waals surface area (Å²) in [6.45, 7) is 3.58. The van der Waals surface area contributed by atoms with E-state index in [2.05, 4.69) is 5.32 Å². The van der Waals surface area contributed by atoms with Gasteiger partial charge in [-0.25, -0.2) is 0 Å². The fraction of sp³-hybridized carbons (Fsp3) is 0.188. The molecule has 0 aromatic heterocycles. The maximum Gasteiger partial charge on any atom is 0.269 e. The summed E-state index contributed by atoms with van der Waals surface area (Å²) in [6, 6.07) is 13.0. The van der Waals surface area contributed by atoms with Gasteiger partial charge in [0.25, 0.3) is 11.6 Å². The van der Waals surface area contributed by atoms with Gasteiger partial charge in [-0.3, -0.25) is 14.9 Å². The Morgan fingerprint density at radius 1 is 1.14 bits per heavy atom. The number of non-ortho nitro benzene ring substituents is 1. The number of rotatable bonds is 5. The molecule has 0 saturated heterocycles. The first-order valence-electron chi connectivity index (χ1n) is 6.74. The Hall–Kier alpha value is -2.89. The Bertz CT molecular complexity index is 666. The van der Waals surface area contributed by atoms with Crippen LogP contribution in [-0.4, -0.2) is 16.9 Å². The normalized spacial score (nSPS) is 11.5. The second-order valence-corrected chi connectivity index (χ2v) is 4.87. The second-order valence-electron chi connectivity index (χ2n) is 4.87. The van der Waals surface area contributed by atoms with Gasteiger partial charge in [-0.05, 0) is 38.1 Å². The molecule has 0 bridgehead atoms. The Labute approximate surface area is 127 Å². The number of ether oxygens (including phenoxy) is 1. The minimum atomic E-state index is -0.720. The predicted molar refractivity (Wildman–Crippen MR) is 83.0 cm³/mol. The molecule has 2 rings (SSSR count). The number of nitrogens with one attached hydrogen (secondary N) is 1. The molecule has 0 unspecified atom stereocenters. The first-order valence-corrected chi connectivity index (χ1v) is 6.74. The van der Waals surface area contributed by atoms with Crippen molar-refractivity contribution in [3.8, 4) is 5.75 Å². The molecule has 0 aliphatic heterocycles. The smallest absolute Gasteiger partial charge is 0.269 e. The van der Waals surface area contributed by atoms with Crippen LogP contribution in [0.25, 0.3) is 0 Å². The van der Waals surface area contributed by atoms with E-state index in [0.717, 1.165) is 5.56 Å². The summed E-state index contributed by atoms with van der Waals surface area (Å²) < 4.78 is 5.47. The zero-order valence-electron chi connectivity index (χ0n) is 12.3. The molecule has 0 spiro atoms. The quantitative estimate of drug-likeness (QED) is 0.678. The summed E-state index contributed by atoms with van der Waals surface area (Å²) in [7, 11) is 0. The first kappa shape index (κ1) is 15.5. The van der Waals surface area contributed by atoms with Gasteiger partial charge in [-0.15, -0.1) is 0 Å². The van der Waals surface area contributed by atoms with E-state index in [4.69, 9.17) is 4.74 Å². The molecule has 114 valence electrons. The van der Waals surface area contributed by atoms with Gasteiger partial charge < -0.3 is 10.1 Å². The Morgan fingerprint density at radius 2 is 1.73 bits per heavy atom. The zero-order valence-corrected chi connectivity index (χ0v) is 12.3. The lowest BCUT2D eigenvalue weighted by Gasteiger charge is -2.14. The van der Waals surface area contributed by atoms with Gasteiger partial charge in [-0.1, -0.05) is 17.7 Å². The molecule has 6 nitrogen and oxygen atoms in total. The highest BCUT2D eigenvalue weighted by Gasteiger charge is 2.15. The SMILES string of the molecule is Cc1ccc(NC(=O)[C@H](C)Oc2ccc([N+](=O)[O-])cc2)cc1. The fourth-order valence-electron chi connectivity index (χ4n) is 1.78. The molecule has 0 aliphatic carbocycles. The van der Waals surface area contributed by atoms with Crippen LogP contribution in [0.15, 0.2) is 48.5 Å². The van der Waals surface area contributed by atoms with Crippen molar-refractivity contribution in [2.45, 2.75) is 20.0 Å². The number of nitrogens with zero attached hydrogens (tertiary/aromatic N) is 1. The molecule has 0 radical (unpaired) electrons. The standard InChI is InChI=1S/C16H16N2O4/c1-11-3-5-13(6-4-11)17-16(19)12(2)22-15-9-7-14(8-10-15)18(20)21/h3-10,12H,1-2H3,(H,17,19)/t12-/m0/s1. The monoisotopic (exact) mass is 300 g/mol. The molecule has 0 heterocycles. The van der Waals surface area contributed by atoms with Gasteiger partial charge in [0, 0.05) is 17.8 Å². The van der Waals surface area contributed by atoms with Gasteiger partial charge in [-0.2, -0.15) is 0 Å². The van der Waals surface area contributed by atoms with E-state index in [1.54, 1.807) is 6.92 Å². The summed E-state index contributed by atoms with van der Waals surface area (Å²) in [5.74, 6) is 0.111. The largest absolute Gasteiger partial charge is 0.481 e. The van der Waals surface area contributed by atoms with Gasteiger partial charge in [0.15, 0.2) is 6.10 Å². The number of nitro groups is 1. The number of carbonyl (C=O) groups excluding carboxylic acids is 1. The maximum absolute atomic E-state index is 12.0. The number of carbonyl (C=O) groups is 1. The van der Waals surface area contributed by atoms with Crippen LogP contribution in [0, 0.1) is 17.0 Å². The van der Waals surface area contributed by atoms with Crippen LogP contribution in [0.5, 0.6) is 5.75 Å². The number of nitro benzene ring substituents is 1. The molecule has 1 N–H and O–H groups in total. The molecule has 22 heavy (non-hydrogen) atoms. The van der Waals surface area contributed by atoms with Crippen LogP contribution in [0.4, 0.5) is 11.4 Å². The number of anilines is 1. The van der Waals surface area contributed by atoms with Crippen LogP contribution < -0.4 is 10.1 Å². The summed E-state index contributed by atoms with van der Waals surface area (Å²) in [4.78, 5) is 22.1.